The number of esters is 1. The molecule has 1 atom stereocenters. The molecular weight excluding hydrogens is 416 g/mol. The van der Waals surface area contributed by atoms with E-state index in [1.807, 2.05) is 6.92 Å². The molecule has 0 rings (SSSR count). The van der Waals surface area contributed by atoms with Gasteiger partial charge in [-0.3, -0.25) is 9.79 Å². The van der Waals surface area contributed by atoms with Crippen molar-refractivity contribution >= 4 is 17.8 Å². The van der Waals surface area contributed by atoms with E-state index in [9.17, 15) is 9.59 Å². The van der Waals surface area contributed by atoms with E-state index in [1.54, 1.807) is 0 Å². The highest BCUT2D eigenvalue weighted by Crippen LogP contribution is 2.13. The molecule has 0 unspecified atom stereocenters. The molecule has 1 amide bonds. The Morgan fingerprint density at radius 1 is 0.758 bits per heavy atom. The van der Waals surface area contributed by atoms with Gasteiger partial charge in [0.15, 0.2) is 5.96 Å². The molecule has 0 saturated heterocycles. The van der Waals surface area contributed by atoms with Crippen LogP contribution in [0.25, 0.3) is 0 Å². The normalized spacial score (nSPS) is 11.7. The Balaban J connectivity index is 3.93. The third kappa shape index (κ3) is 21.8. The van der Waals surface area contributed by atoms with Crippen molar-refractivity contribution in [2.45, 2.75) is 135 Å². The molecule has 0 saturated carbocycles. The van der Waals surface area contributed by atoms with E-state index in [2.05, 4.69) is 17.2 Å². The van der Waals surface area contributed by atoms with Crippen LogP contribution in [0.5, 0.6) is 0 Å². The number of carbonyl (C=O) groups excluding carboxylic acids is 2. The van der Waals surface area contributed by atoms with Crippen molar-refractivity contribution in [1.82, 2.24) is 5.32 Å². The van der Waals surface area contributed by atoms with Gasteiger partial charge in [-0.1, -0.05) is 97.3 Å². The molecule has 0 aromatic carbocycles. The molecule has 33 heavy (non-hydrogen) atoms. The Kier molecular flexibility index (Phi) is 22.1. The lowest BCUT2D eigenvalue weighted by Gasteiger charge is -2.17. The lowest BCUT2D eigenvalue weighted by atomic mass is 10.0. The number of carbonyl (C=O) groups is 2. The molecule has 0 radical (unpaired) electrons. The smallest absolute Gasteiger partial charge is 0.328 e. The van der Waals surface area contributed by atoms with Crippen molar-refractivity contribution < 1.29 is 14.3 Å². The molecule has 7 heteroatoms. The van der Waals surface area contributed by atoms with E-state index in [-0.39, 0.29) is 17.8 Å². The van der Waals surface area contributed by atoms with Crippen molar-refractivity contribution in [1.29, 1.82) is 0 Å². The Morgan fingerprint density at radius 3 is 1.79 bits per heavy atom. The molecule has 0 spiro atoms. The van der Waals surface area contributed by atoms with Gasteiger partial charge >= 0.3 is 5.97 Å². The SMILES string of the molecule is CCCCCCCCCCCCCCCC(=O)N[C@@H](CCCN=C(N)N)C(=O)OCCCC. The van der Waals surface area contributed by atoms with Gasteiger partial charge in [0.1, 0.15) is 6.04 Å². The second kappa shape index (κ2) is 23.4. The van der Waals surface area contributed by atoms with Gasteiger partial charge in [-0.05, 0) is 25.7 Å². The Hall–Kier alpha value is -1.79. The van der Waals surface area contributed by atoms with Gasteiger partial charge in [0, 0.05) is 13.0 Å². The van der Waals surface area contributed by atoms with E-state index < -0.39 is 6.04 Å². The van der Waals surface area contributed by atoms with Crippen LogP contribution in [-0.4, -0.2) is 37.0 Å². The second-order valence-electron chi connectivity index (χ2n) is 9.08. The number of guanidine groups is 1. The first-order valence-electron chi connectivity index (χ1n) is 13.5. The number of hydrogen-bond donors (Lipinski definition) is 3. The number of nitrogens with zero attached hydrogens (tertiary/aromatic N) is 1. The standard InChI is InChI=1S/C26H52N4O3/c1-3-5-7-8-9-10-11-12-13-14-15-16-17-20-24(31)30-23(19-18-21-29-26(27)28)25(32)33-22-6-4-2/h23H,3-22H2,1-2H3,(H,30,31)(H4,27,28,29)/t23-/m0/s1. The molecule has 7 nitrogen and oxygen atoms in total. The summed E-state index contributed by atoms with van der Waals surface area (Å²) in [4.78, 5) is 28.6. The van der Waals surface area contributed by atoms with Crippen LogP contribution in [0.1, 0.15) is 129 Å². The number of aliphatic imine (C=N–C) groups is 1. The second-order valence-corrected chi connectivity index (χ2v) is 9.08. The molecular formula is C26H52N4O3. The highest BCUT2D eigenvalue weighted by molar-refractivity contribution is 5.84. The van der Waals surface area contributed by atoms with Crippen molar-refractivity contribution in [2.75, 3.05) is 13.2 Å². The summed E-state index contributed by atoms with van der Waals surface area (Å²) in [5.74, 6) is -0.423. The lowest BCUT2D eigenvalue weighted by molar-refractivity contribution is -0.148. The Morgan fingerprint density at radius 2 is 1.27 bits per heavy atom. The van der Waals surface area contributed by atoms with Gasteiger partial charge in [0.25, 0.3) is 0 Å². The largest absolute Gasteiger partial charge is 0.464 e. The topological polar surface area (TPSA) is 120 Å². The average Bonchev–Trinajstić information content (AvgIpc) is 2.78. The van der Waals surface area contributed by atoms with Crippen LogP contribution in [-0.2, 0) is 14.3 Å². The molecule has 0 aliphatic carbocycles. The first-order valence-corrected chi connectivity index (χ1v) is 13.5. The lowest BCUT2D eigenvalue weighted by Crippen LogP contribution is -2.42. The molecule has 0 fully saturated rings. The van der Waals surface area contributed by atoms with Gasteiger partial charge < -0.3 is 21.5 Å². The number of nitrogens with two attached hydrogens (primary N) is 2. The first kappa shape index (κ1) is 31.2. The van der Waals surface area contributed by atoms with Gasteiger partial charge in [0.05, 0.1) is 6.61 Å². The third-order valence-corrected chi connectivity index (χ3v) is 5.81. The summed E-state index contributed by atoms with van der Waals surface area (Å²) in [5.41, 5.74) is 10.7. The van der Waals surface area contributed by atoms with Crippen LogP contribution >= 0.6 is 0 Å². The van der Waals surface area contributed by atoms with Crippen LogP contribution in [0.15, 0.2) is 4.99 Å². The minimum Gasteiger partial charge on any atom is -0.464 e. The zero-order valence-corrected chi connectivity index (χ0v) is 21.5. The third-order valence-electron chi connectivity index (χ3n) is 5.81. The minimum absolute atomic E-state index is 0.0310. The van der Waals surface area contributed by atoms with E-state index in [0.717, 1.165) is 25.7 Å². The molecule has 0 aliphatic heterocycles. The number of unbranched alkanes of at least 4 members (excludes halogenated alkanes) is 13. The highest BCUT2D eigenvalue weighted by Gasteiger charge is 2.21. The van der Waals surface area contributed by atoms with Gasteiger partial charge in [-0.2, -0.15) is 0 Å². The van der Waals surface area contributed by atoms with Crippen molar-refractivity contribution in [3.8, 4) is 0 Å². The van der Waals surface area contributed by atoms with Crippen LogP contribution < -0.4 is 16.8 Å². The number of hydrogen-bond acceptors (Lipinski definition) is 4. The Bertz CT molecular complexity index is 508. The molecule has 0 aromatic rings. The Labute approximate surface area is 202 Å². The molecule has 0 aliphatic rings. The van der Waals surface area contributed by atoms with E-state index in [1.165, 1.54) is 70.6 Å². The van der Waals surface area contributed by atoms with E-state index in [4.69, 9.17) is 16.2 Å². The maximum absolute atomic E-state index is 12.3. The van der Waals surface area contributed by atoms with Crippen LogP contribution in [0, 0.1) is 0 Å². The highest BCUT2D eigenvalue weighted by atomic mass is 16.5. The summed E-state index contributed by atoms with van der Waals surface area (Å²) in [6, 6.07) is -0.634. The number of ether oxygens (including phenoxy) is 1. The summed E-state index contributed by atoms with van der Waals surface area (Å²) >= 11 is 0. The monoisotopic (exact) mass is 468 g/mol. The van der Waals surface area contributed by atoms with Crippen LogP contribution in [0.4, 0.5) is 0 Å². The first-order chi connectivity index (χ1) is 16.0. The fraction of sp³-hybridized carbons (Fsp3) is 0.885. The van der Waals surface area contributed by atoms with Crippen LogP contribution in [0.3, 0.4) is 0 Å². The van der Waals surface area contributed by atoms with Crippen molar-refractivity contribution in [3.05, 3.63) is 0 Å². The maximum Gasteiger partial charge on any atom is 0.328 e. The van der Waals surface area contributed by atoms with Gasteiger partial charge in [-0.15, -0.1) is 0 Å². The summed E-state index contributed by atoms with van der Waals surface area (Å²) in [6.45, 7) is 5.11. The number of rotatable bonds is 23. The molecule has 0 bridgehead atoms. The average molecular weight is 469 g/mol. The van der Waals surface area contributed by atoms with Crippen molar-refractivity contribution in [3.63, 3.8) is 0 Å². The predicted octanol–water partition coefficient (Wildman–Crippen LogP) is 5.35. The summed E-state index contributed by atoms with van der Waals surface area (Å²) in [5, 5.41) is 2.85. The van der Waals surface area contributed by atoms with Gasteiger partial charge in [0.2, 0.25) is 5.91 Å². The minimum atomic E-state index is -0.634. The summed E-state index contributed by atoms with van der Waals surface area (Å²) in [6.07, 6.45) is 19.8. The maximum atomic E-state index is 12.3. The van der Waals surface area contributed by atoms with Crippen molar-refractivity contribution in [2.24, 2.45) is 16.5 Å². The zero-order chi connectivity index (χ0) is 24.6. The fourth-order valence-corrected chi connectivity index (χ4v) is 3.74. The molecule has 194 valence electrons. The molecule has 0 heterocycles. The molecule has 5 N–H and O–H groups in total. The van der Waals surface area contributed by atoms with Gasteiger partial charge in [-0.25, -0.2) is 4.79 Å². The zero-order valence-electron chi connectivity index (χ0n) is 21.5. The molecule has 0 aromatic heterocycles. The number of amides is 1. The van der Waals surface area contributed by atoms with E-state index >= 15 is 0 Å². The summed E-state index contributed by atoms with van der Waals surface area (Å²) < 4.78 is 5.31. The quantitative estimate of drug-likeness (QED) is 0.0808. The number of nitrogens with one attached hydrogen (secondary N) is 1. The fourth-order valence-electron chi connectivity index (χ4n) is 3.74. The van der Waals surface area contributed by atoms with Crippen LogP contribution in [0.2, 0.25) is 0 Å². The predicted molar refractivity (Wildman–Crippen MR) is 138 cm³/mol. The van der Waals surface area contributed by atoms with E-state index in [0.29, 0.717) is 32.4 Å². The summed E-state index contributed by atoms with van der Waals surface area (Å²) in [7, 11) is 0.